The van der Waals surface area contributed by atoms with E-state index in [0.717, 1.165) is 33.3 Å². The van der Waals surface area contributed by atoms with Crippen LogP contribution in [0.15, 0.2) is 108 Å². The molecule has 6 aromatic rings. The molecule has 0 aliphatic rings. The van der Waals surface area contributed by atoms with Gasteiger partial charge in [0, 0.05) is 11.1 Å². The normalized spacial score (nSPS) is 11.3. The topological polar surface area (TPSA) is 38.9 Å². The molecule has 0 unspecified atom stereocenters. The van der Waals surface area contributed by atoms with Crippen LogP contribution in [0.3, 0.4) is 0 Å². The van der Waals surface area contributed by atoms with Gasteiger partial charge in [-0.1, -0.05) is 103 Å². The van der Waals surface area contributed by atoms with E-state index in [0.29, 0.717) is 22.0 Å². The second-order valence-corrected chi connectivity index (χ2v) is 8.01. The Bertz CT molecular complexity index is 1560. The van der Waals surface area contributed by atoms with E-state index in [1.807, 2.05) is 66.7 Å². The lowest BCUT2D eigenvalue weighted by molar-refractivity contribution is 0.667. The van der Waals surface area contributed by atoms with Crippen LogP contribution in [-0.2, 0) is 0 Å². The Morgan fingerprint density at radius 1 is 0.562 bits per heavy atom. The lowest BCUT2D eigenvalue weighted by Crippen LogP contribution is -1.94. The molecule has 0 radical (unpaired) electrons. The van der Waals surface area contributed by atoms with E-state index in [1.165, 1.54) is 5.56 Å². The molecule has 6 rings (SSSR count). The smallest absolute Gasteiger partial charge is 0.180 e. The minimum atomic E-state index is 0.615. The monoisotopic (exact) mass is 432 g/mol. The van der Waals surface area contributed by atoms with Crippen molar-refractivity contribution in [2.45, 2.75) is 0 Å². The van der Waals surface area contributed by atoms with Crippen LogP contribution >= 0.6 is 11.6 Å². The number of hydrogen-bond acceptors (Lipinski definition) is 3. The first-order valence-corrected chi connectivity index (χ1v) is 10.8. The molecule has 152 valence electrons. The number of aromatic nitrogens is 2. The largest absolute Gasteiger partial charge is 0.452 e. The van der Waals surface area contributed by atoms with Gasteiger partial charge in [-0.05, 0) is 23.3 Å². The molecule has 0 saturated heterocycles. The van der Waals surface area contributed by atoms with E-state index in [-0.39, 0.29) is 0 Å². The predicted octanol–water partition coefficient (Wildman–Crippen LogP) is 8.03. The van der Waals surface area contributed by atoms with Crippen molar-refractivity contribution in [2.24, 2.45) is 0 Å². The van der Waals surface area contributed by atoms with Crippen LogP contribution in [0.4, 0.5) is 0 Å². The van der Waals surface area contributed by atoms with Crippen LogP contribution in [-0.4, -0.2) is 9.97 Å². The molecule has 0 bridgehead atoms. The third kappa shape index (κ3) is 3.15. The fourth-order valence-corrected chi connectivity index (χ4v) is 4.26. The highest BCUT2D eigenvalue weighted by atomic mass is 35.5. The minimum Gasteiger partial charge on any atom is -0.452 e. The zero-order valence-electron chi connectivity index (χ0n) is 17.0. The highest BCUT2D eigenvalue weighted by Gasteiger charge is 2.19. The fraction of sp³-hybridized carbons (Fsp3) is 0. The maximum atomic E-state index is 6.54. The summed E-state index contributed by atoms with van der Waals surface area (Å²) in [5.41, 5.74) is 7.04. The molecule has 0 aliphatic heterocycles. The quantitative estimate of drug-likeness (QED) is 0.284. The lowest BCUT2D eigenvalue weighted by atomic mass is 10.0. The molecular weight excluding hydrogens is 416 g/mol. The number of nitrogens with zero attached hydrogens (tertiary/aromatic N) is 2. The molecule has 2 aromatic heterocycles. The maximum Gasteiger partial charge on any atom is 0.180 e. The molecule has 0 saturated carbocycles. The first kappa shape index (κ1) is 18.8. The third-order valence-electron chi connectivity index (χ3n) is 5.59. The Morgan fingerprint density at radius 3 is 1.91 bits per heavy atom. The number of hydrogen-bond donors (Lipinski definition) is 0. The summed E-state index contributed by atoms with van der Waals surface area (Å²) in [6.45, 7) is 0. The summed E-state index contributed by atoms with van der Waals surface area (Å²) in [6, 6.07) is 34.3. The van der Waals surface area contributed by atoms with Gasteiger partial charge in [0.1, 0.15) is 16.8 Å². The number of fused-ring (bicyclic) bond motifs is 3. The van der Waals surface area contributed by atoms with Crippen LogP contribution < -0.4 is 0 Å². The second-order valence-electron chi connectivity index (χ2n) is 7.60. The van der Waals surface area contributed by atoms with Crippen molar-refractivity contribution in [3.05, 3.63) is 108 Å². The Kier molecular flexibility index (Phi) is 4.48. The molecule has 0 N–H and O–H groups in total. The van der Waals surface area contributed by atoms with Crippen molar-refractivity contribution in [1.82, 2.24) is 9.97 Å². The van der Waals surface area contributed by atoms with Crippen molar-refractivity contribution in [1.29, 1.82) is 0 Å². The first-order valence-electron chi connectivity index (χ1n) is 10.4. The Morgan fingerprint density at radius 2 is 1.19 bits per heavy atom. The van der Waals surface area contributed by atoms with Crippen LogP contribution in [0.2, 0.25) is 5.02 Å². The van der Waals surface area contributed by atoms with Crippen molar-refractivity contribution in [3.8, 4) is 33.8 Å². The van der Waals surface area contributed by atoms with E-state index < -0.39 is 0 Å². The standard InChI is InChI=1S/C28H17ClN2O/c29-22-12-7-13-23-24(22)26-27(32-23)25(30-28(31-26)21-10-5-2-6-11-21)20-16-14-19(15-17-20)18-8-3-1-4-9-18/h1-17H. The van der Waals surface area contributed by atoms with Gasteiger partial charge in [-0.3, -0.25) is 0 Å². The molecule has 0 aliphatic carbocycles. The van der Waals surface area contributed by atoms with Gasteiger partial charge in [0.25, 0.3) is 0 Å². The van der Waals surface area contributed by atoms with Crippen LogP contribution in [0.5, 0.6) is 0 Å². The molecule has 0 atom stereocenters. The van der Waals surface area contributed by atoms with E-state index in [4.69, 9.17) is 26.0 Å². The molecule has 4 aromatic carbocycles. The molecule has 32 heavy (non-hydrogen) atoms. The van der Waals surface area contributed by atoms with Crippen molar-refractivity contribution in [3.63, 3.8) is 0 Å². The summed E-state index contributed by atoms with van der Waals surface area (Å²) in [6.07, 6.45) is 0. The summed E-state index contributed by atoms with van der Waals surface area (Å²) < 4.78 is 6.22. The van der Waals surface area contributed by atoms with Gasteiger partial charge in [-0.25, -0.2) is 9.97 Å². The third-order valence-corrected chi connectivity index (χ3v) is 5.90. The van der Waals surface area contributed by atoms with Crippen molar-refractivity contribution >= 4 is 33.7 Å². The van der Waals surface area contributed by atoms with Gasteiger partial charge >= 0.3 is 0 Å². The second kappa shape index (κ2) is 7.63. The minimum absolute atomic E-state index is 0.615. The predicted molar refractivity (Wildman–Crippen MR) is 131 cm³/mol. The maximum absolute atomic E-state index is 6.54. The Balaban J connectivity index is 1.60. The van der Waals surface area contributed by atoms with Gasteiger partial charge < -0.3 is 4.42 Å². The summed E-state index contributed by atoms with van der Waals surface area (Å²) in [4.78, 5) is 9.78. The van der Waals surface area contributed by atoms with Crippen molar-refractivity contribution < 1.29 is 4.42 Å². The zero-order valence-corrected chi connectivity index (χ0v) is 17.8. The SMILES string of the molecule is Clc1cccc2oc3c(-c4ccc(-c5ccccc5)cc4)nc(-c4ccccc4)nc3c12. The highest BCUT2D eigenvalue weighted by Crippen LogP contribution is 2.38. The lowest BCUT2D eigenvalue weighted by Gasteiger charge is -2.07. The van der Waals surface area contributed by atoms with Gasteiger partial charge in [0.2, 0.25) is 0 Å². The van der Waals surface area contributed by atoms with Crippen LogP contribution in [0.1, 0.15) is 0 Å². The van der Waals surface area contributed by atoms with E-state index in [9.17, 15) is 0 Å². The number of furan rings is 1. The number of rotatable bonds is 3. The molecule has 3 nitrogen and oxygen atoms in total. The molecule has 0 spiro atoms. The zero-order chi connectivity index (χ0) is 21.5. The summed E-state index contributed by atoms with van der Waals surface area (Å²) in [5.74, 6) is 0.642. The summed E-state index contributed by atoms with van der Waals surface area (Å²) in [7, 11) is 0. The fourth-order valence-electron chi connectivity index (χ4n) is 4.01. The molecule has 2 heterocycles. The molecule has 0 fully saturated rings. The first-order chi connectivity index (χ1) is 15.8. The highest BCUT2D eigenvalue weighted by molar-refractivity contribution is 6.37. The summed E-state index contributed by atoms with van der Waals surface area (Å²) >= 11 is 6.54. The molecule has 4 heteroatoms. The molecule has 0 amide bonds. The summed E-state index contributed by atoms with van der Waals surface area (Å²) in [5, 5.41) is 1.43. The van der Waals surface area contributed by atoms with Crippen molar-refractivity contribution in [2.75, 3.05) is 0 Å². The Hall–Kier alpha value is -3.95. The number of halogens is 1. The van der Waals surface area contributed by atoms with E-state index in [1.54, 1.807) is 0 Å². The number of benzene rings is 4. The van der Waals surface area contributed by atoms with Crippen LogP contribution in [0.25, 0.3) is 55.8 Å². The van der Waals surface area contributed by atoms with E-state index >= 15 is 0 Å². The molecular formula is C28H17ClN2O. The van der Waals surface area contributed by atoms with Gasteiger partial charge in [-0.2, -0.15) is 0 Å². The van der Waals surface area contributed by atoms with Crippen LogP contribution in [0, 0.1) is 0 Å². The van der Waals surface area contributed by atoms with Gasteiger partial charge in [-0.15, -0.1) is 0 Å². The Labute approximate surface area is 190 Å². The average molecular weight is 433 g/mol. The van der Waals surface area contributed by atoms with Gasteiger partial charge in [0.05, 0.1) is 10.4 Å². The average Bonchev–Trinajstić information content (AvgIpc) is 3.24. The van der Waals surface area contributed by atoms with Gasteiger partial charge in [0.15, 0.2) is 11.4 Å². The van der Waals surface area contributed by atoms with E-state index in [2.05, 4.69) is 36.4 Å².